The van der Waals surface area contributed by atoms with Crippen molar-refractivity contribution in [3.63, 3.8) is 0 Å². The highest BCUT2D eigenvalue weighted by molar-refractivity contribution is 6.42. The Bertz CT molecular complexity index is 1040. The standard InChI is InChI=1S/C24H21Cl2F2N3O/c25-21-10-9-20(15-22(21)26)29-24(32)31-13-11-30(12-14-31)23(16-1-5-18(27)6-2-16)17-3-7-19(28)8-4-17/h1-10,15,23H,11-14H2,(H,29,32). The molecule has 0 saturated carbocycles. The van der Waals surface area contributed by atoms with Crippen LogP contribution < -0.4 is 5.32 Å². The first-order valence-electron chi connectivity index (χ1n) is 10.2. The topological polar surface area (TPSA) is 35.6 Å². The van der Waals surface area contributed by atoms with Crippen LogP contribution in [0.25, 0.3) is 0 Å². The molecule has 1 saturated heterocycles. The van der Waals surface area contributed by atoms with Crippen molar-refractivity contribution in [1.82, 2.24) is 9.80 Å². The van der Waals surface area contributed by atoms with Gasteiger partial charge < -0.3 is 10.2 Å². The van der Waals surface area contributed by atoms with Crippen molar-refractivity contribution in [2.75, 3.05) is 31.5 Å². The molecule has 1 N–H and O–H groups in total. The fourth-order valence-corrected chi connectivity index (χ4v) is 4.16. The minimum atomic E-state index is -0.310. The number of carbonyl (C=O) groups is 1. The van der Waals surface area contributed by atoms with Crippen LogP contribution in [0.3, 0.4) is 0 Å². The van der Waals surface area contributed by atoms with E-state index in [-0.39, 0.29) is 23.7 Å². The maximum absolute atomic E-state index is 13.5. The third-order valence-corrected chi connectivity index (χ3v) is 6.25. The van der Waals surface area contributed by atoms with Crippen LogP contribution in [0.5, 0.6) is 0 Å². The van der Waals surface area contributed by atoms with Gasteiger partial charge in [-0.3, -0.25) is 4.90 Å². The van der Waals surface area contributed by atoms with Crippen molar-refractivity contribution in [2.24, 2.45) is 0 Å². The molecule has 1 heterocycles. The van der Waals surface area contributed by atoms with Gasteiger partial charge in [-0.25, -0.2) is 13.6 Å². The van der Waals surface area contributed by atoms with Crippen LogP contribution in [0.2, 0.25) is 10.0 Å². The highest BCUT2D eigenvalue weighted by Crippen LogP contribution is 2.30. The molecule has 0 radical (unpaired) electrons. The molecule has 32 heavy (non-hydrogen) atoms. The lowest BCUT2D eigenvalue weighted by Crippen LogP contribution is -2.51. The van der Waals surface area contributed by atoms with Crippen molar-refractivity contribution in [2.45, 2.75) is 6.04 Å². The van der Waals surface area contributed by atoms with E-state index in [4.69, 9.17) is 23.2 Å². The van der Waals surface area contributed by atoms with E-state index >= 15 is 0 Å². The zero-order valence-electron chi connectivity index (χ0n) is 17.1. The summed E-state index contributed by atoms with van der Waals surface area (Å²) in [5, 5.41) is 3.63. The first-order chi connectivity index (χ1) is 15.4. The average molecular weight is 476 g/mol. The Balaban J connectivity index is 1.47. The zero-order valence-corrected chi connectivity index (χ0v) is 18.6. The lowest BCUT2D eigenvalue weighted by molar-refractivity contribution is 0.126. The zero-order chi connectivity index (χ0) is 22.7. The van der Waals surface area contributed by atoms with Gasteiger partial charge in [0.05, 0.1) is 16.1 Å². The number of hydrogen-bond donors (Lipinski definition) is 1. The number of carbonyl (C=O) groups excluding carboxylic acids is 1. The number of nitrogens with one attached hydrogen (secondary N) is 1. The largest absolute Gasteiger partial charge is 0.322 e. The molecule has 1 aliphatic rings. The first kappa shape index (κ1) is 22.5. The summed E-state index contributed by atoms with van der Waals surface area (Å²) in [6.45, 7) is 2.22. The maximum Gasteiger partial charge on any atom is 0.321 e. The third-order valence-electron chi connectivity index (χ3n) is 5.51. The molecule has 0 atom stereocenters. The minimum Gasteiger partial charge on any atom is -0.322 e. The second kappa shape index (κ2) is 9.86. The third kappa shape index (κ3) is 5.21. The van der Waals surface area contributed by atoms with Gasteiger partial charge in [0.25, 0.3) is 0 Å². The molecule has 166 valence electrons. The van der Waals surface area contributed by atoms with E-state index in [1.165, 1.54) is 24.3 Å². The van der Waals surface area contributed by atoms with E-state index in [0.717, 1.165) is 11.1 Å². The maximum atomic E-state index is 13.5. The Hall–Kier alpha value is -2.67. The fraction of sp³-hybridized carbons (Fsp3) is 0.208. The Labute approximate surface area is 195 Å². The summed E-state index contributed by atoms with van der Waals surface area (Å²) in [4.78, 5) is 16.6. The number of nitrogens with zero attached hydrogens (tertiary/aromatic N) is 2. The van der Waals surface area contributed by atoms with Crippen LogP contribution in [0.15, 0.2) is 66.7 Å². The van der Waals surface area contributed by atoms with Crippen LogP contribution in [0.4, 0.5) is 19.3 Å². The number of benzene rings is 3. The van der Waals surface area contributed by atoms with Crippen LogP contribution in [-0.4, -0.2) is 42.0 Å². The first-order valence-corrected chi connectivity index (χ1v) is 10.9. The van der Waals surface area contributed by atoms with E-state index in [2.05, 4.69) is 10.2 Å². The predicted octanol–water partition coefficient (Wildman–Crippen LogP) is 6.21. The SMILES string of the molecule is O=C(Nc1ccc(Cl)c(Cl)c1)N1CCN(C(c2ccc(F)cc2)c2ccc(F)cc2)CC1. The number of anilines is 1. The Morgan fingerprint density at radius 1 is 0.781 bits per heavy atom. The van der Waals surface area contributed by atoms with Gasteiger partial charge in [0.2, 0.25) is 0 Å². The van der Waals surface area contributed by atoms with Crippen molar-refractivity contribution >= 4 is 34.9 Å². The molecule has 1 fully saturated rings. The molecule has 3 aromatic rings. The molecule has 0 bridgehead atoms. The summed E-state index contributed by atoms with van der Waals surface area (Å²) in [6, 6.07) is 17.2. The second-order valence-electron chi connectivity index (χ2n) is 7.59. The summed E-state index contributed by atoms with van der Waals surface area (Å²) < 4.78 is 27.0. The molecular weight excluding hydrogens is 455 g/mol. The highest BCUT2D eigenvalue weighted by atomic mass is 35.5. The summed E-state index contributed by atoms with van der Waals surface area (Å²) in [5.74, 6) is -0.620. The van der Waals surface area contributed by atoms with Gasteiger partial charge in [-0.1, -0.05) is 47.5 Å². The quantitative estimate of drug-likeness (QED) is 0.486. The number of hydrogen-bond acceptors (Lipinski definition) is 2. The van der Waals surface area contributed by atoms with E-state index < -0.39 is 0 Å². The number of urea groups is 1. The monoisotopic (exact) mass is 475 g/mol. The van der Waals surface area contributed by atoms with Crippen molar-refractivity contribution in [3.05, 3.63) is 99.5 Å². The number of amides is 2. The molecule has 0 spiro atoms. The van der Waals surface area contributed by atoms with E-state index in [9.17, 15) is 13.6 Å². The van der Waals surface area contributed by atoms with Gasteiger partial charge in [-0.2, -0.15) is 0 Å². The Kier molecular flexibility index (Phi) is 6.94. The lowest BCUT2D eigenvalue weighted by Gasteiger charge is -2.39. The molecule has 4 rings (SSSR count). The molecule has 1 aliphatic heterocycles. The van der Waals surface area contributed by atoms with Crippen LogP contribution in [0.1, 0.15) is 17.2 Å². The molecule has 0 aliphatic carbocycles. The lowest BCUT2D eigenvalue weighted by atomic mass is 9.96. The molecule has 8 heteroatoms. The average Bonchev–Trinajstić information content (AvgIpc) is 2.79. The summed E-state index contributed by atoms with van der Waals surface area (Å²) >= 11 is 12.0. The number of rotatable bonds is 4. The number of halogens is 4. The minimum absolute atomic E-state index is 0.170. The van der Waals surface area contributed by atoms with Gasteiger partial charge in [0.15, 0.2) is 0 Å². The van der Waals surface area contributed by atoms with Gasteiger partial charge in [0.1, 0.15) is 11.6 Å². The smallest absolute Gasteiger partial charge is 0.321 e. The van der Waals surface area contributed by atoms with E-state index in [1.54, 1.807) is 47.4 Å². The van der Waals surface area contributed by atoms with E-state index in [1.807, 2.05) is 0 Å². The van der Waals surface area contributed by atoms with Gasteiger partial charge >= 0.3 is 6.03 Å². The normalized spacial score (nSPS) is 14.6. The Morgan fingerprint density at radius 3 is 1.81 bits per heavy atom. The van der Waals surface area contributed by atoms with Crippen LogP contribution in [-0.2, 0) is 0 Å². The molecule has 2 amide bonds. The second-order valence-corrected chi connectivity index (χ2v) is 8.40. The predicted molar refractivity (Wildman–Crippen MR) is 123 cm³/mol. The van der Waals surface area contributed by atoms with Gasteiger partial charge in [-0.05, 0) is 53.6 Å². The van der Waals surface area contributed by atoms with Crippen LogP contribution >= 0.6 is 23.2 Å². The molecule has 0 aromatic heterocycles. The highest BCUT2D eigenvalue weighted by Gasteiger charge is 2.28. The molecule has 4 nitrogen and oxygen atoms in total. The van der Waals surface area contributed by atoms with Crippen molar-refractivity contribution in [1.29, 1.82) is 0 Å². The van der Waals surface area contributed by atoms with E-state index in [0.29, 0.717) is 41.9 Å². The number of piperazine rings is 1. The summed E-state index contributed by atoms with van der Waals surface area (Å²) in [5.41, 5.74) is 2.39. The van der Waals surface area contributed by atoms with Crippen LogP contribution in [0, 0.1) is 11.6 Å². The van der Waals surface area contributed by atoms with Gasteiger partial charge in [0, 0.05) is 31.9 Å². The molecular formula is C24H21Cl2F2N3O. The molecule has 0 unspecified atom stereocenters. The van der Waals surface area contributed by atoms with Crippen molar-refractivity contribution in [3.8, 4) is 0 Å². The Morgan fingerprint density at radius 2 is 1.31 bits per heavy atom. The van der Waals surface area contributed by atoms with Gasteiger partial charge in [-0.15, -0.1) is 0 Å². The summed E-state index contributed by atoms with van der Waals surface area (Å²) in [7, 11) is 0. The van der Waals surface area contributed by atoms with Crippen molar-refractivity contribution < 1.29 is 13.6 Å². The molecule has 3 aromatic carbocycles. The fourth-order valence-electron chi connectivity index (χ4n) is 3.86. The summed E-state index contributed by atoms with van der Waals surface area (Å²) in [6.07, 6.45) is 0.